The van der Waals surface area contributed by atoms with Crippen molar-refractivity contribution in [3.63, 3.8) is 0 Å². The van der Waals surface area contributed by atoms with Crippen molar-refractivity contribution < 1.29 is 13.9 Å². The molecular formula is C18H23N5O3. The molecular weight excluding hydrogens is 334 g/mol. The van der Waals surface area contributed by atoms with Gasteiger partial charge in [-0.05, 0) is 12.1 Å². The van der Waals surface area contributed by atoms with Gasteiger partial charge >= 0.3 is 0 Å². The molecule has 8 heteroatoms. The Bertz CT molecular complexity index is 781. The summed E-state index contributed by atoms with van der Waals surface area (Å²) in [6.07, 6.45) is 3.46. The molecule has 26 heavy (non-hydrogen) atoms. The molecule has 0 aromatic carbocycles. The average molecular weight is 357 g/mol. The summed E-state index contributed by atoms with van der Waals surface area (Å²) in [6.45, 7) is 6.03. The Labute approximate surface area is 152 Å². The number of likely N-dealkylation sites (N-methyl/N-ethyl adjacent to an activating group) is 1. The Balaban J connectivity index is 1.47. The first-order valence-electron chi connectivity index (χ1n) is 8.85. The highest BCUT2D eigenvalue weighted by Gasteiger charge is 2.25. The Kier molecular flexibility index (Phi) is 4.50. The number of nitrogens with zero attached hydrogens (tertiary/aromatic N) is 5. The Hall–Kier alpha value is -2.61. The fourth-order valence-corrected chi connectivity index (χ4v) is 3.17. The second kappa shape index (κ2) is 6.95. The summed E-state index contributed by atoms with van der Waals surface area (Å²) in [4.78, 5) is 26.6. The van der Waals surface area contributed by atoms with Crippen LogP contribution in [0.1, 0.15) is 6.92 Å². The van der Waals surface area contributed by atoms with Gasteiger partial charge in [-0.2, -0.15) is 4.98 Å². The molecule has 4 rings (SSSR count). The third kappa shape index (κ3) is 3.24. The van der Waals surface area contributed by atoms with E-state index in [9.17, 15) is 4.79 Å². The quantitative estimate of drug-likeness (QED) is 0.815. The van der Waals surface area contributed by atoms with Crippen molar-refractivity contribution in [2.24, 2.45) is 0 Å². The van der Waals surface area contributed by atoms with Crippen molar-refractivity contribution in [2.75, 3.05) is 56.2 Å². The van der Waals surface area contributed by atoms with Gasteiger partial charge in [0.15, 0.2) is 5.82 Å². The van der Waals surface area contributed by atoms with Crippen molar-refractivity contribution in [1.82, 2.24) is 14.9 Å². The van der Waals surface area contributed by atoms with Gasteiger partial charge in [0.1, 0.15) is 12.1 Å². The summed E-state index contributed by atoms with van der Waals surface area (Å²) < 4.78 is 11.0. The van der Waals surface area contributed by atoms with Crippen LogP contribution in [0.2, 0.25) is 0 Å². The molecule has 0 atom stereocenters. The molecule has 0 N–H and O–H groups in total. The molecule has 0 aliphatic carbocycles. The molecule has 2 aromatic rings. The van der Waals surface area contributed by atoms with E-state index in [-0.39, 0.29) is 5.91 Å². The minimum Gasteiger partial charge on any atom is -0.442 e. The van der Waals surface area contributed by atoms with Crippen LogP contribution in [0.3, 0.4) is 0 Å². The van der Waals surface area contributed by atoms with Gasteiger partial charge in [0.25, 0.3) is 0 Å². The highest BCUT2D eigenvalue weighted by Crippen LogP contribution is 2.26. The van der Waals surface area contributed by atoms with Crippen LogP contribution in [0.5, 0.6) is 0 Å². The van der Waals surface area contributed by atoms with Crippen molar-refractivity contribution in [3.8, 4) is 11.5 Å². The first-order chi connectivity index (χ1) is 12.6. The highest BCUT2D eigenvalue weighted by molar-refractivity contribution is 5.73. The molecule has 4 heterocycles. The number of oxazole rings is 1. The number of hydrogen-bond donors (Lipinski definition) is 0. The van der Waals surface area contributed by atoms with E-state index in [0.29, 0.717) is 25.0 Å². The molecule has 0 spiro atoms. The smallest absolute Gasteiger partial charge is 0.228 e. The second-order valence-electron chi connectivity index (χ2n) is 6.71. The number of rotatable bonds is 4. The fourth-order valence-electron chi connectivity index (χ4n) is 3.17. The normalized spacial score (nSPS) is 17.9. The maximum Gasteiger partial charge on any atom is 0.228 e. The fraction of sp³-hybridized carbons (Fsp3) is 0.500. The third-order valence-corrected chi connectivity index (χ3v) is 5.06. The number of carbonyl (C=O) groups excluding carboxylic acids is 1. The van der Waals surface area contributed by atoms with Crippen LogP contribution in [-0.4, -0.2) is 73.3 Å². The van der Waals surface area contributed by atoms with Crippen molar-refractivity contribution in [1.29, 1.82) is 0 Å². The minimum absolute atomic E-state index is 0.121. The van der Waals surface area contributed by atoms with Crippen molar-refractivity contribution >= 4 is 17.5 Å². The number of carbonyl (C=O) groups is 1. The van der Waals surface area contributed by atoms with Gasteiger partial charge in [-0.15, -0.1) is 0 Å². The number of aromatic nitrogens is 2. The molecule has 138 valence electrons. The lowest BCUT2D eigenvalue weighted by molar-refractivity contribution is -0.129. The number of hydrogen-bond acceptors (Lipinski definition) is 7. The van der Waals surface area contributed by atoms with Gasteiger partial charge in [-0.25, -0.2) is 4.98 Å². The summed E-state index contributed by atoms with van der Waals surface area (Å²) in [5, 5.41) is 0. The van der Waals surface area contributed by atoms with Crippen LogP contribution in [0.25, 0.3) is 11.5 Å². The van der Waals surface area contributed by atoms with Crippen LogP contribution in [0.4, 0.5) is 11.6 Å². The second-order valence-corrected chi connectivity index (χ2v) is 6.71. The maximum atomic E-state index is 11.4. The topological polar surface area (TPSA) is 74.9 Å². The molecule has 0 unspecified atom stereocenters. The summed E-state index contributed by atoms with van der Waals surface area (Å²) in [6, 6.07) is 4.26. The number of amides is 1. The van der Waals surface area contributed by atoms with Crippen LogP contribution in [0.15, 0.2) is 29.0 Å². The Morgan fingerprint density at radius 2 is 2.04 bits per heavy atom. The van der Waals surface area contributed by atoms with E-state index < -0.39 is 0 Å². The zero-order valence-electron chi connectivity index (χ0n) is 15.1. The van der Waals surface area contributed by atoms with Crippen molar-refractivity contribution in [3.05, 3.63) is 24.6 Å². The molecule has 8 nitrogen and oxygen atoms in total. The van der Waals surface area contributed by atoms with E-state index in [1.165, 1.54) is 0 Å². The zero-order valence-corrected chi connectivity index (χ0v) is 15.1. The monoisotopic (exact) mass is 357 g/mol. The summed E-state index contributed by atoms with van der Waals surface area (Å²) in [7, 11) is 2.02. The number of pyridine rings is 1. The number of ether oxygens (including phenoxy) is 1. The van der Waals surface area contributed by atoms with Crippen LogP contribution >= 0.6 is 0 Å². The predicted molar refractivity (Wildman–Crippen MR) is 97.2 cm³/mol. The van der Waals surface area contributed by atoms with Crippen LogP contribution in [-0.2, 0) is 9.53 Å². The SMILES string of the molecule is CC(=O)N1CCN(c2coc(-c3ccnc(N(C)C4COC4)c3)n2)CC1. The van der Waals surface area contributed by atoms with E-state index in [1.54, 1.807) is 19.4 Å². The lowest BCUT2D eigenvalue weighted by Crippen LogP contribution is -2.48. The maximum absolute atomic E-state index is 11.4. The molecule has 0 saturated carbocycles. The summed E-state index contributed by atoms with van der Waals surface area (Å²) in [5.74, 6) is 2.39. The Morgan fingerprint density at radius 3 is 2.69 bits per heavy atom. The van der Waals surface area contributed by atoms with Gasteiger partial charge in [0, 0.05) is 51.9 Å². The van der Waals surface area contributed by atoms with E-state index in [2.05, 4.69) is 19.8 Å². The molecule has 2 aliphatic rings. The molecule has 2 saturated heterocycles. The van der Waals surface area contributed by atoms with E-state index >= 15 is 0 Å². The van der Waals surface area contributed by atoms with E-state index in [1.807, 2.05) is 24.1 Å². The van der Waals surface area contributed by atoms with Gasteiger partial charge in [0.2, 0.25) is 11.8 Å². The third-order valence-electron chi connectivity index (χ3n) is 5.06. The molecule has 2 fully saturated rings. The molecule has 1 amide bonds. The summed E-state index contributed by atoms with van der Waals surface area (Å²) in [5.41, 5.74) is 0.899. The molecule has 0 bridgehead atoms. The van der Waals surface area contributed by atoms with Gasteiger partial charge in [0.05, 0.1) is 19.3 Å². The number of piperazine rings is 1. The first kappa shape index (κ1) is 16.8. The van der Waals surface area contributed by atoms with E-state index in [0.717, 1.165) is 43.5 Å². The number of anilines is 2. The molecule has 0 radical (unpaired) electrons. The largest absolute Gasteiger partial charge is 0.442 e. The van der Waals surface area contributed by atoms with Gasteiger partial charge in [-0.1, -0.05) is 0 Å². The lowest BCUT2D eigenvalue weighted by atomic mass is 10.2. The zero-order chi connectivity index (χ0) is 18.1. The first-order valence-corrected chi connectivity index (χ1v) is 8.85. The summed E-state index contributed by atoms with van der Waals surface area (Å²) >= 11 is 0. The van der Waals surface area contributed by atoms with Crippen molar-refractivity contribution in [2.45, 2.75) is 13.0 Å². The molecule has 2 aliphatic heterocycles. The van der Waals surface area contributed by atoms with E-state index in [4.69, 9.17) is 9.15 Å². The van der Waals surface area contributed by atoms with Gasteiger partial charge in [-0.3, -0.25) is 4.79 Å². The molecule has 2 aromatic heterocycles. The lowest BCUT2D eigenvalue weighted by Gasteiger charge is -2.35. The van der Waals surface area contributed by atoms with Crippen LogP contribution in [0, 0.1) is 0 Å². The Morgan fingerprint density at radius 1 is 1.27 bits per heavy atom. The van der Waals surface area contributed by atoms with Gasteiger partial charge < -0.3 is 23.9 Å². The highest BCUT2D eigenvalue weighted by atomic mass is 16.5. The predicted octanol–water partition coefficient (Wildman–Crippen LogP) is 1.24. The minimum atomic E-state index is 0.121. The standard InChI is InChI=1S/C18H23N5O3/c1-13(24)22-5-7-23(8-6-22)17-12-26-18(20-17)14-3-4-19-16(9-14)21(2)15-10-25-11-15/h3-4,9,12,15H,5-8,10-11H2,1-2H3. The average Bonchev–Trinajstić information content (AvgIpc) is 3.10. The van der Waals surface area contributed by atoms with Crippen LogP contribution < -0.4 is 9.80 Å².